The maximum Gasteiger partial charge on any atom is 0.325 e. The molecule has 0 bridgehead atoms. The van der Waals surface area contributed by atoms with E-state index < -0.39 is 11.9 Å². The molecule has 70 valence electrons. The molecule has 0 aromatic heterocycles. The summed E-state index contributed by atoms with van der Waals surface area (Å²) in [5.41, 5.74) is 0. The number of alkyl halides is 2. The molecule has 0 heterocycles. The first-order valence-corrected chi connectivity index (χ1v) is 3.79. The number of rotatable bonds is 3. The van der Waals surface area contributed by atoms with Crippen LogP contribution in [0.4, 0.5) is 0 Å². The fourth-order valence-corrected chi connectivity index (χ4v) is 0.187. The number of aliphatic carboxylic acids is 1. The summed E-state index contributed by atoms with van der Waals surface area (Å²) in [5.74, 6) is -1.88. The lowest BCUT2D eigenvalue weighted by Gasteiger charge is -1.87. The van der Waals surface area contributed by atoms with Crippen molar-refractivity contribution in [3.8, 4) is 0 Å². The highest BCUT2D eigenvalue weighted by Crippen LogP contribution is 1.80. The van der Waals surface area contributed by atoms with Gasteiger partial charge in [0.2, 0.25) is 0 Å². The van der Waals surface area contributed by atoms with Crippen molar-refractivity contribution in [3.63, 3.8) is 0 Å². The van der Waals surface area contributed by atoms with E-state index in [1.807, 2.05) is 0 Å². The molecule has 0 aromatic carbocycles. The number of hydrogen-bond acceptors (Lipinski definition) is 3. The van der Waals surface area contributed by atoms with E-state index in [-0.39, 0.29) is 11.8 Å². The van der Waals surface area contributed by atoms with Crippen LogP contribution < -0.4 is 0 Å². The number of hydrogen-bond donors (Lipinski definition) is 1. The molecule has 0 unspecified atom stereocenters. The molecule has 0 aromatic rings. The minimum atomic E-state index is -0.980. The van der Waals surface area contributed by atoms with Crippen LogP contribution in [0.3, 0.4) is 0 Å². The Bertz CT molecular complexity index is 158. The van der Waals surface area contributed by atoms with Gasteiger partial charge in [0.25, 0.3) is 0 Å². The average Bonchev–Trinajstić information content (AvgIpc) is 2.06. The van der Waals surface area contributed by atoms with Crippen LogP contribution in [-0.4, -0.2) is 28.8 Å². The molecule has 0 amide bonds. The van der Waals surface area contributed by atoms with Gasteiger partial charge in [0, 0.05) is 0 Å². The van der Waals surface area contributed by atoms with Crippen LogP contribution >= 0.6 is 23.2 Å². The summed E-state index contributed by atoms with van der Waals surface area (Å²) < 4.78 is 4.18. The lowest BCUT2D eigenvalue weighted by atomic mass is 10.8. The van der Waals surface area contributed by atoms with E-state index >= 15 is 0 Å². The largest absolute Gasteiger partial charge is 0.480 e. The Morgan fingerprint density at radius 1 is 1.42 bits per heavy atom. The smallest absolute Gasteiger partial charge is 0.325 e. The summed E-state index contributed by atoms with van der Waals surface area (Å²) >= 11 is 9.75. The van der Waals surface area contributed by atoms with E-state index in [0.717, 1.165) is 6.26 Å². The highest BCUT2D eigenvalue weighted by molar-refractivity contribution is 6.26. The maximum absolute atomic E-state index is 9.99. The number of carbonyl (C=O) groups excluding carboxylic acids is 1. The summed E-state index contributed by atoms with van der Waals surface area (Å²) in [6, 6.07) is 0. The molecule has 4 nitrogen and oxygen atoms in total. The first kappa shape index (κ1) is 13.8. The molecule has 0 radical (unpaired) electrons. The van der Waals surface area contributed by atoms with E-state index in [9.17, 15) is 9.59 Å². The van der Waals surface area contributed by atoms with Gasteiger partial charge in [-0.2, -0.15) is 0 Å². The van der Waals surface area contributed by atoms with Crippen molar-refractivity contribution in [1.82, 2.24) is 0 Å². The quantitative estimate of drug-likeness (QED) is 0.436. The van der Waals surface area contributed by atoms with E-state index in [4.69, 9.17) is 28.3 Å². The standard InChI is InChI=1S/C4H5ClO2.C2H3ClO2/c1-2-7-4(6)3-5;3-1-2(4)5/h2H,1,3H2;1H2,(H,4,5). The van der Waals surface area contributed by atoms with Crippen molar-refractivity contribution in [3.05, 3.63) is 12.8 Å². The zero-order chi connectivity index (χ0) is 9.98. The monoisotopic (exact) mass is 214 g/mol. The molecule has 12 heavy (non-hydrogen) atoms. The molecule has 0 spiro atoms. The molecular formula is C6H8Cl2O4. The first-order valence-electron chi connectivity index (χ1n) is 2.72. The number of halogens is 2. The molecule has 0 fully saturated rings. The minimum Gasteiger partial charge on any atom is -0.480 e. The Morgan fingerprint density at radius 3 is 1.92 bits per heavy atom. The summed E-state index contributed by atoms with van der Waals surface area (Å²) in [6.45, 7) is 3.15. The Balaban J connectivity index is 0. The number of carbonyl (C=O) groups is 2. The zero-order valence-corrected chi connectivity index (χ0v) is 7.64. The normalized spacial score (nSPS) is 7.50. The fraction of sp³-hybridized carbons (Fsp3) is 0.333. The number of carboxylic acids is 1. The van der Waals surface area contributed by atoms with Crippen molar-refractivity contribution >= 4 is 35.1 Å². The third kappa shape index (κ3) is 16.1. The summed E-state index contributed by atoms with van der Waals surface area (Å²) in [4.78, 5) is 19.2. The van der Waals surface area contributed by atoms with Crippen LogP contribution in [0.5, 0.6) is 0 Å². The Morgan fingerprint density at radius 2 is 1.83 bits per heavy atom. The number of carboxylic acid groups (broad SMARTS) is 1. The van der Waals surface area contributed by atoms with Gasteiger partial charge in [-0.1, -0.05) is 6.58 Å². The average molecular weight is 215 g/mol. The van der Waals surface area contributed by atoms with Crippen LogP contribution in [0.1, 0.15) is 0 Å². The molecule has 0 saturated carbocycles. The molecule has 0 saturated heterocycles. The van der Waals surface area contributed by atoms with Gasteiger partial charge in [-0.05, 0) is 0 Å². The second-order valence-electron chi connectivity index (χ2n) is 1.32. The van der Waals surface area contributed by atoms with Gasteiger partial charge in [-0.15, -0.1) is 23.2 Å². The van der Waals surface area contributed by atoms with Gasteiger partial charge in [0.15, 0.2) is 0 Å². The van der Waals surface area contributed by atoms with Crippen LogP contribution in [0, 0.1) is 0 Å². The number of esters is 1. The lowest BCUT2D eigenvalue weighted by molar-refractivity contribution is -0.135. The molecule has 0 aliphatic rings. The highest BCUT2D eigenvalue weighted by Gasteiger charge is 1.91. The van der Waals surface area contributed by atoms with E-state index in [1.165, 1.54) is 0 Å². The second-order valence-corrected chi connectivity index (χ2v) is 1.85. The molecule has 0 atom stereocenters. The fourth-order valence-electron chi connectivity index (χ4n) is 0.124. The van der Waals surface area contributed by atoms with Gasteiger partial charge in [-0.3, -0.25) is 9.59 Å². The van der Waals surface area contributed by atoms with Crippen molar-refractivity contribution in [2.75, 3.05) is 11.8 Å². The predicted octanol–water partition coefficient (Wildman–Crippen LogP) is 1.22. The Hall–Kier alpha value is -0.740. The summed E-state index contributed by atoms with van der Waals surface area (Å²) in [7, 11) is 0. The van der Waals surface area contributed by atoms with Crippen molar-refractivity contribution in [2.45, 2.75) is 0 Å². The van der Waals surface area contributed by atoms with E-state index in [2.05, 4.69) is 11.3 Å². The van der Waals surface area contributed by atoms with Gasteiger partial charge in [0.05, 0.1) is 6.26 Å². The third-order valence-corrected chi connectivity index (χ3v) is 0.885. The maximum atomic E-state index is 9.99. The van der Waals surface area contributed by atoms with Crippen LogP contribution in [0.15, 0.2) is 12.8 Å². The molecule has 1 N–H and O–H groups in total. The Labute approximate surface area is 79.7 Å². The molecule has 0 rings (SSSR count). The van der Waals surface area contributed by atoms with Crippen molar-refractivity contribution in [2.24, 2.45) is 0 Å². The van der Waals surface area contributed by atoms with Gasteiger partial charge < -0.3 is 9.84 Å². The van der Waals surface area contributed by atoms with E-state index in [1.54, 1.807) is 0 Å². The first-order chi connectivity index (χ1) is 5.58. The topological polar surface area (TPSA) is 63.6 Å². The minimum absolute atomic E-state index is 0.119. The Kier molecular flexibility index (Phi) is 11.8. The number of ether oxygens (including phenoxy) is 1. The predicted molar refractivity (Wildman–Crippen MR) is 45.4 cm³/mol. The molecule has 0 aliphatic heterocycles. The highest BCUT2D eigenvalue weighted by atomic mass is 35.5. The van der Waals surface area contributed by atoms with Crippen LogP contribution in [0.25, 0.3) is 0 Å². The van der Waals surface area contributed by atoms with Crippen molar-refractivity contribution < 1.29 is 19.4 Å². The van der Waals surface area contributed by atoms with Gasteiger partial charge >= 0.3 is 11.9 Å². The lowest BCUT2D eigenvalue weighted by Crippen LogP contribution is -1.98. The SMILES string of the molecule is C=COC(=O)CCl.O=C(O)CCl. The zero-order valence-electron chi connectivity index (χ0n) is 6.13. The third-order valence-electron chi connectivity index (χ3n) is 0.438. The van der Waals surface area contributed by atoms with Gasteiger partial charge in [0.1, 0.15) is 11.8 Å². The molecular weight excluding hydrogens is 207 g/mol. The van der Waals surface area contributed by atoms with Crippen molar-refractivity contribution in [1.29, 1.82) is 0 Å². The molecule has 0 aliphatic carbocycles. The molecule has 6 heteroatoms. The van der Waals surface area contributed by atoms with Crippen LogP contribution in [0.2, 0.25) is 0 Å². The summed E-state index contributed by atoms with van der Waals surface area (Å²) in [5, 5.41) is 7.59. The summed E-state index contributed by atoms with van der Waals surface area (Å²) in [6.07, 6.45) is 1.05. The second kappa shape index (κ2) is 10.3. The van der Waals surface area contributed by atoms with E-state index in [0.29, 0.717) is 0 Å². The van der Waals surface area contributed by atoms with Crippen LogP contribution in [-0.2, 0) is 14.3 Å². The van der Waals surface area contributed by atoms with Gasteiger partial charge in [-0.25, -0.2) is 0 Å².